The number of nitrogens with one attached hydrogen (secondary N) is 2. The van der Waals surface area contributed by atoms with Crippen LogP contribution in [0.4, 0.5) is 10.5 Å². The second-order valence-electron chi connectivity index (χ2n) is 6.57. The lowest BCUT2D eigenvalue weighted by molar-refractivity contribution is 0.0526. The van der Waals surface area contributed by atoms with E-state index < -0.39 is 5.60 Å². The number of methoxy groups -OCH3 is 2. The van der Waals surface area contributed by atoms with Crippen molar-refractivity contribution in [2.24, 2.45) is 0 Å². The molecule has 0 bridgehead atoms. The van der Waals surface area contributed by atoms with E-state index in [0.717, 1.165) is 24.3 Å². The topological polar surface area (TPSA) is 68.8 Å². The first-order valence-corrected chi connectivity index (χ1v) is 8.21. The summed E-state index contributed by atoms with van der Waals surface area (Å²) >= 11 is 0. The summed E-state index contributed by atoms with van der Waals surface area (Å²) in [6, 6.07) is 7.90. The Bertz CT molecular complexity index is 500. The van der Waals surface area contributed by atoms with E-state index in [1.54, 1.807) is 14.2 Å². The molecule has 0 saturated carbocycles. The van der Waals surface area contributed by atoms with Gasteiger partial charge in [-0.1, -0.05) is 12.1 Å². The summed E-state index contributed by atoms with van der Waals surface area (Å²) in [4.78, 5) is 11.6. The van der Waals surface area contributed by atoms with Gasteiger partial charge in [-0.05, 0) is 45.7 Å². The van der Waals surface area contributed by atoms with Crippen LogP contribution in [0.15, 0.2) is 24.3 Å². The summed E-state index contributed by atoms with van der Waals surface area (Å²) in [5.74, 6) is 0.797. The number of benzene rings is 1. The van der Waals surface area contributed by atoms with E-state index in [9.17, 15) is 4.79 Å². The number of hydrogen-bond acceptors (Lipinski definition) is 5. The highest BCUT2D eigenvalue weighted by Gasteiger charge is 2.16. The van der Waals surface area contributed by atoms with E-state index in [1.165, 1.54) is 0 Å². The van der Waals surface area contributed by atoms with Crippen molar-refractivity contribution in [3.8, 4) is 5.75 Å². The van der Waals surface area contributed by atoms with Gasteiger partial charge in [0.1, 0.15) is 11.4 Å². The lowest BCUT2D eigenvalue weighted by atomic mass is 10.1. The number of carbonyl (C=O) groups is 1. The van der Waals surface area contributed by atoms with Crippen LogP contribution in [0.2, 0.25) is 0 Å². The van der Waals surface area contributed by atoms with E-state index >= 15 is 0 Å². The molecule has 0 aromatic heterocycles. The fourth-order valence-corrected chi connectivity index (χ4v) is 2.24. The quantitative estimate of drug-likeness (QED) is 0.675. The van der Waals surface area contributed by atoms with Crippen molar-refractivity contribution in [2.45, 2.75) is 45.3 Å². The predicted octanol–water partition coefficient (Wildman–Crippen LogP) is 3.43. The molecule has 1 aromatic carbocycles. The Hall–Kier alpha value is -1.95. The minimum atomic E-state index is -0.478. The molecule has 0 spiro atoms. The standard InChI is InChI=1S/C18H30N2O4/c1-18(2,3)24-17(21)19-12-8-9-14(13-22-4)20-15-10-6-7-11-16(15)23-5/h6-7,10-11,14,20H,8-9,12-13H2,1-5H3,(H,19,21). The van der Waals surface area contributed by atoms with Crippen LogP contribution < -0.4 is 15.4 Å². The van der Waals surface area contributed by atoms with Crippen LogP contribution in [0.5, 0.6) is 5.75 Å². The minimum absolute atomic E-state index is 0.131. The molecule has 0 saturated heterocycles. The van der Waals surface area contributed by atoms with Crippen LogP contribution in [-0.4, -0.2) is 45.1 Å². The predicted molar refractivity (Wildman–Crippen MR) is 95.8 cm³/mol. The van der Waals surface area contributed by atoms with Crippen LogP contribution in [0.1, 0.15) is 33.6 Å². The van der Waals surface area contributed by atoms with Gasteiger partial charge in [0.25, 0.3) is 0 Å². The average Bonchev–Trinajstić information content (AvgIpc) is 2.50. The van der Waals surface area contributed by atoms with Crippen molar-refractivity contribution in [2.75, 3.05) is 32.7 Å². The molecular weight excluding hydrogens is 308 g/mol. The van der Waals surface area contributed by atoms with E-state index in [-0.39, 0.29) is 12.1 Å². The molecule has 6 heteroatoms. The number of rotatable bonds is 9. The molecule has 0 radical (unpaired) electrons. The first-order chi connectivity index (χ1) is 11.4. The molecule has 2 N–H and O–H groups in total. The molecule has 1 atom stereocenters. The highest BCUT2D eigenvalue weighted by Crippen LogP contribution is 2.24. The smallest absolute Gasteiger partial charge is 0.407 e. The van der Waals surface area contributed by atoms with Crippen molar-refractivity contribution < 1.29 is 19.0 Å². The van der Waals surface area contributed by atoms with E-state index in [4.69, 9.17) is 14.2 Å². The van der Waals surface area contributed by atoms with Crippen molar-refractivity contribution >= 4 is 11.8 Å². The Labute approximate surface area is 144 Å². The normalized spacial score (nSPS) is 12.4. The Morgan fingerprint density at radius 2 is 1.92 bits per heavy atom. The van der Waals surface area contributed by atoms with Gasteiger partial charge in [-0.3, -0.25) is 0 Å². The Kier molecular flexibility index (Phi) is 8.40. The number of anilines is 1. The third-order valence-corrected chi connectivity index (χ3v) is 3.23. The highest BCUT2D eigenvalue weighted by molar-refractivity contribution is 5.67. The largest absolute Gasteiger partial charge is 0.495 e. The Morgan fingerprint density at radius 1 is 1.21 bits per heavy atom. The van der Waals surface area contributed by atoms with Gasteiger partial charge in [-0.25, -0.2) is 4.79 Å². The maximum absolute atomic E-state index is 11.6. The summed E-state index contributed by atoms with van der Waals surface area (Å²) < 4.78 is 15.8. The van der Waals surface area contributed by atoms with Gasteiger partial charge in [-0.2, -0.15) is 0 Å². The van der Waals surface area contributed by atoms with Gasteiger partial charge >= 0.3 is 6.09 Å². The first-order valence-electron chi connectivity index (χ1n) is 8.21. The van der Waals surface area contributed by atoms with Gasteiger partial charge in [0.15, 0.2) is 0 Å². The van der Waals surface area contributed by atoms with E-state index in [0.29, 0.717) is 13.2 Å². The number of ether oxygens (including phenoxy) is 3. The summed E-state index contributed by atoms with van der Waals surface area (Å²) in [5.41, 5.74) is 0.454. The third-order valence-electron chi connectivity index (χ3n) is 3.23. The van der Waals surface area contributed by atoms with Crippen LogP contribution in [0.25, 0.3) is 0 Å². The van der Waals surface area contributed by atoms with Crippen LogP contribution in [0.3, 0.4) is 0 Å². The lowest BCUT2D eigenvalue weighted by Gasteiger charge is -2.22. The van der Waals surface area contributed by atoms with Crippen LogP contribution in [0, 0.1) is 0 Å². The number of alkyl carbamates (subject to hydrolysis) is 1. The maximum Gasteiger partial charge on any atom is 0.407 e. The van der Waals surface area contributed by atoms with Gasteiger partial charge in [-0.15, -0.1) is 0 Å². The molecule has 1 amide bonds. The van der Waals surface area contributed by atoms with Gasteiger partial charge in [0, 0.05) is 19.7 Å². The van der Waals surface area contributed by atoms with E-state index in [1.807, 2.05) is 45.0 Å². The molecular formula is C18H30N2O4. The minimum Gasteiger partial charge on any atom is -0.495 e. The van der Waals surface area contributed by atoms with Gasteiger partial charge in [0.05, 0.1) is 19.4 Å². The van der Waals surface area contributed by atoms with Crippen molar-refractivity contribution in [1.29, 1.82) is 0 Å². The fraction of sp³-hybridized carbons (Fsp3) is 0.611. The highest BCUT2D eigenvalue weighted by atomic mass is 16.6. The molecule has 1 rings (SSSR count). The molecule has 0 aliphatic carbocycles. The van der Waals surface area contributed by atoms with Crippen molar-refractivity contribution in [3.05, 3.63) is 24.3 Å². The van der Waals surface area contributed by atoms with Gasteiger partial charge < -0.3 is 24.8 Å². The monoisotopic (exact) mass is 338 g/mol. The zero-order valence-corrected chi connectivity index (χ0v) is 15.3. The zero-order valence-electron chi connectivity index (χ0n) is 15.3. The SMILES string of the molecule is COCC(CCCNC(=O)OC(C)(C)C)Nc1ccccc1OC. The third kappa shape index (κ3) is 8.06. The second-order valence-corrected chi connectivity index (χ2v) is 6.57. The van der Waals surface area contributed by atoms with Crippen molar-refractivity contribution in [1.82, 2.24) is 5.32 Å². The van der Waals surface area contributed by atoms with Gasteiger partial charge in [0.2, 0.25) is 0 Å². The molecule has 1 unspecified atom stereocenters. The molecule has 6 nitrogen and oxygen atoms in total. The molecule has 0 aliphatic rings. The van der Waals surface area contributed by atoms with Crippen LogP contribution >= 0.6 is 0 Å². The summed E-state index contributed by atoms with van der Waals surface area (Å²) in [7, 11) is 3.33. The number of amides is 1. The summed E-state index contributed by atoms with van der Waals surface area (Å²) in [6.07, 6.45) is 1.28. The fourth-order valence-electron chi connectivity index (χ4n) is 2.24. The lowest BCUT2D eigenvalue weighted by Crippen LogP contribution is -2.34. The number of para-hydroxylation sites is 2. The maximum atomic E-state index is 11.6. The number of carbonyl (C=O) groups excluding carboxylic acids is 1. The van der Waals surface area contributed by atoms with Crippen LogP contribution in [-0.2, 0) is 9.47 Å². The van der Waals surface area contributed by atoms with Crippen molar-refractivity contribution in [3.63, 3.8) is 0 Å². The summed E-state index contributed by atoms with van der Waals surface area (Å²) in [6.45, 7) is 6.67. The zero-order chi connectivity index (χ0) is 18.0. The average molecular weight is 338 g/mol. The Morgan fingerprint density at radius 3 is 2.54 bits per heavy atom. The molecule has 136 valence electrons. The molecule has 24 heavy (non-hydrogen) atoms. The summed E-state index contributed by atoms with van der Waals surface area (Å²) in [5, 5.41) is 6.20. The molecule has 0 heterocycles. The van der Waals surface area contributed by atoms with E-state index in [2.05, 4.69) is 10.6 Å². The Balaban J connectivity index is 2.42. The molecule has 1 aromatic rings. The second kappa shape index (κ2) is 10.0. The molecule has 0 fully saturated rings. The number of hydrogen-bond donors (Lipinski definition) is 2. The molecule has 0 aliphatic heterocycles. The first kappa shape index (κ1) is 20.1.